The van der Waals surface area contributed by atoms with E-state index in [4.69, 9.17) is 15.7 Å². The number of nitrogens with zero attached hydrogens (tertiary/aromatic N) is 2. The minimum absolute atomic E-state index is 0.337. The van der Waals surface area contributed by atoms with E-state index in [1.54, 1.807) is 24.4 Å². The summed E-state index contributed by atoms with van der Waals surface area (Å²) in [7, 11) is 0. The summed E-state index contributed by atoms with van der Waals surface area (Å²) >= 11 is 3.38. The van der Waals surface area contributed by atoms with Crippen LogP contribution in [0.2, 0.25) is 0 Å². The molecule has 2 aromatic rings. The van der Waals surface area contributed by atoms with Crippen LogP contribution < -0.4 is 10.5 Å². The number of ether oxygens (including phenoxy) is 1. The first-order valence-electron chi connectivity index (χ1n) is 5.22. The Balaban J connectivity index is 2.14. The van der Waals surface area contributed by atoms with Gasteiger partial charge < -0.3 is 10.5 Å². The molecule has 0 atom stereocenters. The van der Waals surface area contributed by atoms with Crippen LogP contribution in [0.15, 0.2) is 41.0 Å². The van der Waals surface area contributed by atoms with Crippen LogP contribution >= 0.6 is 15.9 Å². The molecule has 0 aliphatic heterocycles. The lowest BCUT2D eigenvalue weighted by Gasteiger charge is -2.10. The van der Waals surface area contributed by atoms with E-state index in [0.29, 0.717) is 23.7 Å². The normalized spacial score (nSPS) is 9.78. The van der Waals surface area contributed by atoms with Gasteiger partial charge in [0.05, 0.1) is 10.2 Å². The molecule has 90 valence electrons. The van der Waals surface area contributed by atoms with E-state index < -0.39 is 0 Å². The molecule has 4 nitrogen and oxygen atoms in total. The monoisotopic (exact) mass is 303 g/mol. The molecule has 0 radical (unpaired) electrons. The highest BCUT2D eigenvalue weighted by molar-refractivity contribution is 9.10. The summed E-state index contributed by atoms with van der Waals surface area (Å²) in [6.07, 6.45) is 1.58. The maximum atomic E-state index is 8.75. The van der Waals surface area contributed by atoms with Crippen molar-refractivity contribution < 1.29 is 4.74 Å². The molecule has 0 spiro atoms. The van der Waals surface area contributed by atoms with Gasteiger partial charge in [-0.25, -0.2) is 4.98 Å². The average Bonchev–Trinajstić information content (AvgIpc) is 2.38. The Kier molecular flexibility index (Phi) is 3.80. The number of aromatic nitrogens is 1. The second-order valence-corrected chi connectivity index (χ2v) is 4.46. The topological polar surface area (TPSA) is 71.9 Å². The van der Waals surface area contributed by atoms with Crippen molar-refractivity contribution in [1.82, 2.24) is 4.98 Å². The van der Waals surface area contributed by atoms with Crippen molar-refractivity contribution in [3.05, 3.63) is 52.3 Å². The first-order chi connectivity index (χ1) is 8.70. The van der Waals surface area contributed by atoms with Gasteiger partial charge in [-0.1, -0.05) is 6.07 Å². The van der Waals surface area contributed by atoms with Gasteiger partial charge in [0.2, 0.25) is 0 Å². The summed E-state index contributed by atoms with van der Waals surface area (Å²) in [5, 5.41) is 8.75. The summed E-state index contributed by atoms with van der Waals surface area (Å²) < 4.78 is 6.45. The molecule has 1 heterocycles. The molecule has 5 heteroatoms. The Morgan fingerprint density at radius 1 is 1.39 bits per heavy atom. The van der Waals surface area contributed by atoms with Crippen molar-refractivity contribution in [3.8, 4) is 11.8 Å². The predicted molar refractivity (Wildman–Crippen MR) is 71.8 cm³/mol. The first kappa shape index (κ1) is 12.4. The smallest absolute Gasteiger partial charge is 0.156 e. The fourth-order valence-corrected chi connectivity index (χ4v) is 1.95. The molecule has 2 N–H and O–H groups in total. The van der Waals surface area contributed by atoms with Crippen molar-refractivity contribution in [1.29, 1.82) is 5.26 Å². The molecule has 1 aromatic carbocycles. The van der Waals surface area contributed by atoms with E-state index in [1.807, 2.05) is 18.2 Å². The van der Waals surface area contributed by atoms with Gasteiger partial charge in [0, 0.05) is 6.20 Å². The molecule has 0 bridgehead atoms. The summed E-state index contributed by atoms with van der Waals surface area (Å²) in [6, 6.07) is 10.9. The van der Waals surface area contributed by atoms with E-state index in [9.17, 15) is 0 Å². The summed E-state index contributed by atoms with van der Waals surface area (Å²) in [5.74, 6) is 0.604. The Labute approximate surface area is 113 Å². The third-order valence-electron chi connectivity index (χ3n) is 2.32. The minimum atomic E-state index is 0.337. The lowest BCUT2D eigenvalue weighted by molar-refractivity contribution is 0.306. The van der Waals surface area contributed by atoms with Gasteiger partial charge in [-0.15, -0.1) is 0 Å². The summed E-state index contributed by atoms with van der Waals surface area (Å²) in [5.41, 5.74) is 7.63. The van der Waals surface area contributed by atoms with Gasteiger partial charge in [-0.2, -0.15) is 5.26 Å². The van der Waals surface area contributed by atoms with Crippen LogP contribution in [0.1, 0.15) is 11.3 Å². The Bertz CT molecular complexity index is 587. The maximum Gasteiger partial charge on any atom is 0.156 e. The standard InChI is InChI=1S/C13H10BrN3O/c14-11-2-1-3-12(16)13(11)18-8-9-4-5-17-10(6-9)7-15/h1-6H,8,16H2. The van der Waals surface area contributed by atoms with E-state index in [2.05, 4.69) is 20.9 Å². The number of pyridine rings is 1. The summed E-state index contributed by atoms with van der Waals surface area (Å²) in [6.45, 7) is 0.337. The summed E-state index contributed by atoms with van der Waals surface area (Å²) in [4.78, 5) is 3.90. The fourth-order valence-electron chi connectivity index (χ4n) is 1.46. The first-order valence-corrected chi connectivity index (χ1v) is 6.02. The second kappa shape index (κ2) is 5.52. The van der Waals surface area contributed by atoms with E-state index in [0.717, 1.165) is 10.0 Å². The van der Waals surface area contributed by atoms with E-state index in [-0.39, 0.29) is 0 Å². The third kappa shape index (κ3) is 2.79. The zero-order chi connectivity index (χ0) is 13.0. The second-order valence-electron chi connectivity index (χ2n) is 3.61. The number of hydrogen-bond acceptors (Lipinski definition) is 4. The van der Waals surface area contributed by atoms with Crippen LogP contribution in [0.3, 0.4) is 0 Å². The number of hydrogen-bond donors (Lipinski definition) is 1. The molecule has 0 aliphatic carbocycles. The molecule has 0 unspecified atom stereocenters. The van der Waals surface area contributed by atoms with Gasteiger partial charge in [-0.05, 0) is 45.8 Å². The Morgan fingerprint density at radius 2 is 2.22 bits per heavy atom. The van der Waals surface area contributed by atoms with Crippen LogP contribution in [0.4, 0.5) is 5.69 Å². The van der Waals surface area contributed by atoms with Crippen LogP contribution in [-0.4, -0.2) is 4.98 Å². The molecule has 1 aromatic heterocycles. The van der Waals surface area contributed by atoms with Crippen molar-refractivity contribution in [2.75, 3.05) is 5.73 Å². The zero-order valence-corrected chi connectivity index (χ0v) is 11.0. The highest BCUT2D eigenvalue weighted by atomic mass is 79.9. The molecule has 18 heavy (non-hydrogen) atoms. The fraction of sp³-hybridized carbons (Fsp3) is 0.0769. The van der Waals surface area contributed by atoms with Crippen molar-refractivity contribution >= 4 is 21.6 Å². The van der Waals surface area contributed by atoms with Crippen LogP contribution in [-0.2, 0) is 6.61 Å². The van der Waals surface area contributed by atoms with Gasteiger partial charge in [0.15, 0.2) is 5.75 Å². The molecular formula is C13H10BrN3O. The maximum absolute atomic E-state index is 8.75. The van der Waals surface area contributed by atoms with Crippen LogP contribution in [0, 0.1) is 11.3 Å². The van der Waals surface area contributed by atoms with Crippen molar-refractivity contribution in [2.45, 2.75) is 6.61 Å². The molecule has 0 aliphatic rings. The number of halogens is 1. The molecule has 2 rings (SSSR count). The highest BCUT2D eigenvalue weighted by Gasteiger charge is 2.05. The Morgan fingerprint density at radius 3 is 2.94 bits per heavy atom. The predicted octanol–water partition coefficient (Wildman–Crippen LogP) is 2.88. The van der Waals surface area contributed by atoms with Crippen LogP contribution in [0.5, 0.6) is 5.75 Å². The molecule has 0 fully saturated rings. The SMILES string of the molecule is N#Cc1cc(COc2c(N)cccc2Br)ccn1. The number of rotatable bonds is 3. The lowest BCUT2D eigenvalue weighted by Crippen LogP contribution is -2.00. The van der Waals surface area contributed by atoms with Crippen LogP contribution in [0.25, 0.3) is 0 Å². The Hall–Kier alpha value is -2.06. The number of anilines is 1. The quantitative estimate of drug-likeness (QED) is 0.885. The largest absolute Gasteiger partial charge is 0.486 e. The number of benzene rings is 1. The zero-order valence-electron chi connectivity index (χ0n) is 9.43. The van der Waals surface area contributed by atoms with Gasteiger partial charge in [0.1, 0.15) is 18.4 Å². The molecular weight excluding hydrogens is 294 g/mol. The third-order valence-corrected chi connectivity index (χ3v) is 2.94. The van der Waals surface area contributed by atoms with Crippen molar-refractivity contribution in [3.63, 3.8) is 0 Å². The number of nitriles is 1. The van der Waals surface area contributed by atoms with Gasteiger partial charge in [0.25, 0.3) is 0 Å². The van der Waals surface area contributed by atoms with Gasteiger partial charge in [-0.3, -0.25) is 0 Å². The molecule has 0 amide bonds. The minimum Gasteiger partial charge on any atom is -0.486 e. The molecule has 0 saturated heterocycles. The number of nitrogens with two attached hydrogens (primary N) is 1. The van der Waals surface area contributed by atoms with E-state index >= 15 is 0 Å². The average molecular weight is 304 g/mol. The lowest BCUT2D eigenvalue weighted by atomic mass is 10.2. The highest BCUT2D eigenvalue weighted by Crippen LogP contribution is 2.31. The number of nitrogen functional groups attached to an aromatic ring is 1. The van der Waals surface area contributed by atoms with Crippen molar-refractivity contribution in [2.24, 2.45) is 0 Å². The van der Waals surface area contributed by atoms with E-state index in [1.165, 1.54) is 0 Å². The molecule has 0 saturated carbocycles. The number of para-hydroxylation sites is 1. The van der Waals surface area contributed by atoms with Gasteiger partial charge >= 0.3 is 0 Å².